The fraction of sp³-hybridized carbons (Fsp3) is 0.500. The first-order valence-corrected chi connectivity index (χ1v) is 4.97. The molecule has 0 fully saturated rings. The maximum absolute atomic E-state index is 2.32. The molecule has 0 heterocycles. The number of allylic oxidation sites excluding steroid dienone is 6. The van der Waals surface area contributed by atoms with Crippen LogP contribution in [0.15, 0.2) is 36.5 Å². The number of rotatable bonds is 0. The second-order valence-corrected chi connectivity index (χ2v) is 3.19. The minimum absolute atomic E-state index is 1.18. The van der Waals surface area contributed by atoms with Crippen molar-refractivity contribution in [3.8, 4) is 0 Å². The van der Waals surface area contributed by atoms with E-state index in [0.717, 1.165) is 0 Å². The lowest BCUT2D eigenvalue weighted by Gasteiger charge is -1.94. The van der Waals surface area contributed by atoms with Gasteiger partial charge in [0.25, 0.3) is 0 Å². The summed E-state index contributed by atoms with van der Waals surface area (Å²) in [4.78, 5) is 0. The Morgan fingerprint density at radius 2 is 1.00 bits per heavy atom. The van der Waals surface area contributed by atoms with Crippen LogP contribution in [-0.2, 0) is 0 Å². The van der Waals surface area contributed by atoms with Gasteiger partial charge in [-0.05, 0) is 38.5 Å². The number of hydrogen-bond donors (Lipinski definition) is 0. The summed E-state index contributed by atoms with van der Waals surface area (Å²) in [7, 11) is 0. The summed E-state index contributed by atoms with van der Waals surface area (Å²) in [6, 6.07) is 0. The summed E-state index contributed by atoms with van der Waals surface area (Å²) in [5.41, 5.74) is 0. The van der Waals surface area contributed by atoms with Crippen molar-refractivity contribution < 1.29 is 0 Å². The molecule has 0 unspecified atom stereocenters. The van der Waals surface area contributed by atoms with E-state index in [4.69, 9.17) is 0 Å². The molecule has 0 radical (unpaired) electrons. The van der Waals surface area contributed by atoms with Gasteiger partial charge in [0.1, 0.15) is 0 Å². The third-order valence-electron chi connectivity index (χ3n) is 2.04. The Labute approximate surface area is 75.7 Å². The molecule has 0 amide bonds. The van der Waals surface area contributed by atoms with Crippen LogP contribution in [0.4, 0.5) is 0 Å². The largest absolute Gasteiger partial charge is 0.0885 e. The van der Waals surface area contributed by atoms with Gasteiger partial charge >= 0.3 is 0 Å². The second kappa shape index (κ2) is 6.90. The highest BCUT2D eigenvalue weighted by Gasteiger charge is 1.84. The molecular weight excluding hydrogens is 144 g/mol. The highest BCUT2D eigenvalue weighted by atomic mass is 13.9. The lowest BCUT2D eigenvalue weighted by Crippen LogP contribution is -1.74. The zero-order valence-electron chi connectivity index (χ0n) is 7.71. The van der Waals surface area contributed by atoms with Crippen molar-refractivity contribution in [3.05, 3.63) is 36.5 Å². The lowest BCUT2D eigenvalue weighted by atomic mass is 10.1. The van der Waals surface area contributed by atoms with Gasteiger partial charge in [0.2, 0.25) is 0 Å². The van der Waals surface area contributed by atoms with Crippen LogP contribution in [-0.4, -0.2) is 0 Å². The van der Waals surface area contributed by atoms with E-state index in [1.807, 2.05) is 0 Å². The second-order valence-electron chi connectivity index (χ2n) is 3.19. The molecular formula is C12H18. The van der Waals surface area contributed by atoms with E-state index in [2.05, 4.69) is 36.5 Å². The van der Waals surface area contributed by atoms with Gasteiger partial charge in [-0.3, -0.25) is 0 Å². The minimum Gasteiger partial charge on any atom is -0.0885 e. The predicted molar refractivity (Wildman–Crippen MR) is 55.1 cm³/mol. The number of hydrogen-bond acceptors (Lipinski definition) is 0. The molecule has 0 spiro atoms. The smallest absolute Gasteiger partial charge is 0.0313 e. The molecule has 0 aromatic carbocycles. The van der Waals surface area contributed by atoms with Crippen LogP contribution < -0.4 is 0 Å². The van der Waals surface area contributed by atoms with E-state index in [1.54, 1.807) is 0 Å². The summed E-state index contributed by atoms with van der Waals surface area (Å²) in [5, 5.41) is 0. The van der Waals surface area contributed by atoms with Gasteiger partial charge in [0.05, 0.1) is 0 Å². The Morgan fingerprint density at radius 3 is 1.83 bits per heavy atom. The molecule has 1 aliphatic carbocycles. The third kappa shape index (κ3) is 4.95. The molecule has 0 N–H and O–H groups in total. The molecule has 0 saturated heterocycles. The highest BCUT2D eigenvalue weighted by Crippen LogP contribution is 2.04. The molecule has 0 bridgehead atoms. The quantitative estimate of drug-likeness (QED) is 0.472. The van der Waals surface area contributed by atoms with Crippen LogP contribution >= 0.6 is 0 Å². The zero-order valence-corrected chi connectivity index (χ0v) is 7.71. The van der Waals surface area contributed by atoms with Crippen LogP contribution in [0.1, 0.15) is 38.5 Å². The Balaban J connectivity index is 2.31. The SMILES string of the molecule is C1=CCCCC/C=C/CC/C=C/1. The third-order valence-corrected chi connectivity index (χ3v) is 2.04. The van der Waals surface area contributed by atoms with E-state index >= 15 is 0 Å². The molecule has 0 aromatic heterocycles. The van der Waals surface area contributed by atoms with E-state index < -0.39 is 0 Å². The molecule has 0 aromatic rings. The van der Waals surface area contributed by atoms with Crippen molar-refractivity contribution in [2.24, 2.45) is 0 Å². The van der Waals surface area contributed by atoms with Gasteiger partial charge in [0.15, 0.2) is 0 Å². The van der Waals surface area contributed by atoms with E-state index in [9.17, 15) is 0 Å². The van der Waals surface area contributed by atoms with Gasteiger partial charge in [-0.2, -0.15) is 0 Å². The van der Waals surface area contributed by atoms with Gasteiger partial charge < -0.3 is 0 Å². The van der Waals surface area contributed by atoms with Crippen LogP contribution in [0.3, 0.4) is 0 Å². The normalized spacial score (nSPS) is 25.3. The predicted octanol–water partition coefficient (Wildman–Crippen LogP) is 4.01. The van der Waals surface area contributed by atoms with E-state index in [1.165, 1.54) is 38.5 Å². The Hall–Kier alpha value is -0.780. The van der Waals surface area contributed by atoms with Gasteiger partial charge in [-0.25, -0.2) is 0 Å². The van der Waals surface area contributed by atoms with Crippen molar-refractivity contribution in [2.75, 3.05) is 0 Å². The molecule has 0 nitrogen and oxygen atoms in total. The monoisotopic (exact) mass is 162 g/mol. The fourth-order valence-electron chi connectivity index (χ4n) is 1.30. The Bertz CT molecular complexity index is 172. The summed E-state index contributed by atoms with van der Waals surface area (Å²) >= 11 is 0. The first-order chi connectivity index (χ1) is 6.00. The van der Waals surface area contributed by atoms with Gasteiger partial charge in [-0.15, -0.1) is 0 Å². The van der Waals surface area contributed by atoms with Crippen molar-refractivity contribution in [1.29, 1.82) is 0 Å². The van der Waals surface area contributed by atoms with Crippen LogP contribution in [0.25, 0.3) is 0 Å². The minimum atomic E-state index is 1.18. The van der Waals surface area contributed by atoms with Crippen molar-refractivity contribution in [2.45, 2.75) is 38.5 Å². The Morgan fingerprint density at radius 1 is 0.500 bits per heavy atom. The van der Waals surface area contributed by atoms with Crippen molar-refractivity contribution in [1.82, 2.24) is 0 Å². The molecule has 0 atom stereocenters. The standard InChI is InChI=1S/C12H18/c1-2-4-6-8-10-12-11-9-7-5-3-1/h1-4,9,11H,5-8,10,12H2/b3-1+,4-2?,11-9+. The van der Waals surface area contributed by atoms with Crippen LogP contribution in [0.2, 0.25) is 0 Å². The molecule has 0 saturated carbocycles. The summed E-state index contributed by atoms with van der Waals surface area (Å²) in [6.07, 6.45) is 21.0. The van der Waals surface area contributed by atoms with Crippen molar-refractivity contribution >= 4 is 0 Å². The summed E-state index contributed by atoms with van der Waals surface area (Å²) < 4.78 is 0. The average Bonchev–Trinajstić information content (AvgIpc) is 2.05. The summed E-state index contributed by atoms with van der Waals surface area (Å²) in [6.45, 7) is 0. The molecule has 1 aliphatic rings. The molecule has 1 rings (SSSR count). The molecule has 0 aliphatic heterocycles. The molecule has 66 valence electrons. The van der Waals surface area contributed by atoms with Crippen molar-refractivity contribution in [3.63, 3.8) is 0 Å². The maximum Gasteiger partial charge on any atom is -0.0313 e. The first kappa shape index (κ1) is 9.31. The molecule has 12 heavy (non-hydrogen) atoms. The Kier molecular flexibility index (Phi) is 5.35. The van der Waals surface area contributed by atoms with Crippen LogP contribution in [0, 0.1) is 0 Å². The van der Waals surface area contributed by atoms with E-state index in [-0.39, 0.29) is 0 Å². The van der Waals surface area contributed by atoms with E-state index in [0.29, 0.717) is 0 Å². The molecule has 0 heteroatoms. The first-order valence-electron chi connectivity index (χ1n) is 4.97. The van der Waals surface area contributed by atoms with Crippen LogP contribution in [0.5, 0.6) is 0 Å². The average molecular weight is 162 g/mol. The fourth-order valence-corrected chi connectivity index (χ4v) is 1.30. The summed E-state index contributed by atoms with van der Waals surface area (Å²) in [5.74, 6) is 0. The topological polar surface area (TPSA) is 0 Å². The van der Waals surface area contributed by atoms with Gasteiger partial charge in [0, 0.05) is 0 Å². The zero-order chi connectivity index (χ0) is 8.49. The van der Waals surface area contributed by atoms with Gasteiger partial charge in [-0.1, -0.05) is 36.5 Å². The lowest BCUT2D eigenvalue weighted by molar-refractivity contribution is 0.760. The highest BCUT2D eigenvalue weighted by molar-refractivity contribution is 5.03. The maximum atomic E-state index is 2.32.